The zero-order valence-corrected chi connectivity index (χ0v) is 9.32. The molecule has 0 aliphatic carbocycles. The van der Waals surface area contributed by atoms with Gasteiger partial charge in [0.2, 0.25) is 5.91 Å². The third kappa shape index (κ3) is 3.27. The van der Waals surface area contributed by atoms with E-state index in [0.717, 1.165) is 19.3 Å². The number of carboxylic acid groups (broad SMARTS) is 1. The summed E-state index contributed by atoms with van der Waals surface area (Å²) in [5.74, 6) is 1.57. The minimum absolute atomic E-state index is 0.0538. The molecule has 1 heterocycles. The summed E-state index contributed by atoms with van der Waals surface area (Å²) in [5, 5.41) is 8.92. The van der Waals surface area contributed by atoms with Crippen LogP contribution in [0.1, 0.15) is 38.5 Å². The van der Waals surface area contributed by atoms with Crippen molar-refractivity contribution in [1.29, 1.82) is 0 Å². The monoisotopic (exact) mass is 223 g/mol. The summed E-state index contributed by atoms with van der Waals surface area (Å²) in [6.45, 7) is 0.574. The average molecular weight is 223 g/mol. The molecule has 0 aromatic heterocycles. The molecular weight excluding hydrogens is 206 g/mol. The molecule has 0 radical (unpaired) electrons. The minimum atomic E-state index is -0.894. The van der Waals surface area contributed by atoms with E-state index in [2.05, 4.69) is 5.92 Å². The van der Waals surface area contributed by atoms with Crippen LogP contribution < -0.4 is 0 Å². The first-order valence-electron chi connectivity index (χ1n) is 5.62. The van der Waals surface area contributed by atoms with Gasteiger partial charge in [-0.3, -0.25) is 4.79 Å². The van der Waals surface area contributed by atoms with Gasteiger partial charge in [0.05, 0.1) is 0 Å². The standard InChI is InChI=1S/C12H17NO3/c1-2-3-4-5-8-11(14)13-9-6-7-10(13)12(15)16/h1,10H,3-9H2,(H,15,16)/t10-/m0/s1. The van der Waals surface area contributed by atoms with Crippen LogP contribution in [-0.2, 0) is 9.59 Å². The van der Waals surface area contributed by atoms with Crippen LogP contribution in [0, 0.1) is 12.3 Å². The quantitative estimate of drug-likeness (QED) is 0.564. The molecular formula is C12H17NO3. The summed E-state index contributed by atoms with van der Waals surface area (Å²) >= 11 is 0. The van der Waals surface area contributed by atoms with Crippen LogP contribution in [0.3, 0.4) is 0 Å². The van der Waals surface area contributed by atoms with Gasteiger partial charge in [-0.15, -0.1) is 12.3 Å². The second kappa shape index (κ2) is 6.16. The Morgan fingerprint density at radius 1 is 1.44 bits per heavy atom. The zero-order chi connectivity index (χ0) is 12.0. The third-order valence-electron chi connectivity index (χ3n) is 2.82. The van der Waals surface area contributed by atoms with Crippen LogP contribution in [0.2, 0.25) is 0 Å². The summed E-state index contributed by atoms with van der Waals surface area (Å²) in [6.07, 6.45) is 9.12. The van der Waals surface area contributed by atoms with Crippen molar-refractivity contribution >= 4 is 11.9 Å². The van der Waals surface area contributed by atoms with E-state index in [1.807, 2.05) is 0 Å². The Kier molecular flexibility index (Phi) is 4.84. The number of likely N-dealkylation sites (tertiary alicyclic amines) is 1. The van der Waals surface area contributed by atoms with Crippen molar-refractivity contribution in [3.8, 4) is 12.3 Å². The summed E-state index contributed by atoms with van der Waals surface area (Å²) in [6, 6.07) is -0.611. The fourth-order valence-corrected chi connectivity index (χ4v) is 1.97. The number of unbranched alkanes of at least 4 members (excludes halogenated alkanes) is 2. The van der Waals surface area contributed by atoms with Gasteiger partial charge in [-0.05, 0) is 25.7 Å². The summed E-state index contributed by atoms with van der Waals surface area (Å²) in [7, 11) is 0. The Morgan fingerprint density at radius 2 is 2.19 bits per heavy atom. The largest absolute Gasteiger partial charge is 0.480 e. The Labute approximate surface area is 95.6 Å². The molecule has 0 spiro atoms. The van der Waals surface area contributed by atoms with Crippen molar-refractivity contribution in [3.05, 3.63) is 0 Å². The van der Waals surface area contributed by atoms with Gasteiger partial charge in [-0.1, -0.05) is 0 Å². The lowest BCUT2D eigenvalue weighted by Crippen LogP contribution is -2.40. The molecule has 0 bridgehead atoms. The zero-order valence-electron chi connectivity index (χ0n) is 9.32. The van der Waals surface area contributed by atoms with Crippen LogP contribution in [0.15, 0.2) is 0 Å². The molecule has 1 fully saturated rings. The molecule has 1 amide bonds. The lowest BCUT2D eigenvalue weighted by molar-refractivity contribution is -0.148. The number of nitrogens with zero attached hydrogens (tertiary/aromatic N) is 1. The normalized spacial score (nSPS) is 19.4. The average Bonchev–Trinajstić information content (AvgIpc) is 2.73. The molecule has 1 saturated heterocycles. The van der Waals surface area contributed by atoms with Gasteiger partial charge in [0.15, 0.2) is 0 Å². The second-order valence-electron chi connectivity index (χ2n) is 3.99. The van der Waals surface area contributed by atoms with E-state index >= 15 is 0 Å². The third-order valence-corrected chi connectivity index (χ3v) is 2.82. The van der Waals surface area contributed by atoms with Crippen LogP contribution >= 0.6 is 0 Å². The summed E-state index contributed by atoms with van der Waals surface area (Å²) in [4.78, 5) is 24.1. The summed E-state index contributed by atoms with van der Waals surface area (Å²) < 4.78 is 0. The lowest BCUT2D eigenvalue weighted by Gasteiger charge is -2.21. The van der Waals surface area contributed by atoms with Crippen molar-refractivity contribution in [3.63, 3.8) is 0 Å². The van der Waals surface area contributed by atoms with Crippen LogP contribution in [-0.4, -0.2) is 34.5 Å². The van der Waals surface area contributed by atoms with E-state index < -0.39 is 12.0 Å². The number of carboxylic acids is 1. The number of carbonyl (C=O) groups excluding carboxylic acids is 1. The first kappa shape index (κ1) is 12.6. The molecule has 1 N–H and O–H groups in total. The molecule has 16 heavy (non-hydrogen) atoms. The van der Waals surface area contributed by atoms with Crippen molar-refractivity contribution in [1.82, 2.24) is 4.90 Å². The minimum Gasteiger partial charge on any atom is -0.480 e. The van der Waals surface area contributed by atoms with E-state index in [-0.39, 0.29) is 5.91 Å². The van der Waals surface area contributed by atoms with E-state index in [4.69, 9.17) is 11.5 Å². The van der Waals surface area contributed by atoms with E-state index in [1.54, 1.807) is 0 Å². The van der Waals surface area contributed by atoms with E-state index in [0.29, 0.717) is 25.8 Å². The first-order valence-corrected chi connectivity index (χ1v) is 5.62. The number of hydrogen-bond donors (Lipinski definition) is 1. The number of hydrogen-bond acceptors (Lipinski definition) is 2. The van der Waals surface area contributed by atoms with Crippen molar-refractivity contribution in [2.24, 2.45) is 0 Å². The van der Waals surface area contributed by atoms with Gasteiger partial charge in [0.25, 0.3) is 0 Å². The second-order valence-corrected chi connectivity index (χ2v) is 3.99. The van der Waals surface area contributed by atoms with Crippen molar-refractivity contribution in [2.45, 2.75) is 44.6 Å². The maximum absolute atomic E-state index is 11.7. The predicted octanol–water partition coefficient (Wildman–Crippen LogP) is 1.26. The van der Waals surface area contributed by atoms with Gasteiger partial charge < -0.3 is 10.0 Å². The molecule has 4 heteroatoms. The highest BCUT2D eigenvalue weighted by Gasteiger charge is 2.33. The Bertz CT molecular complexity index is 306. The lowest BCUT2D eigenvalue weighted by atomic mass is 10.1. The maximum Gasteiger partial charge on any atom is 0.326 e. The number of terminal acetylenes is 1. The SMILES string of the molecule is C#CCCCCC(=O)N1CCC[C@H]1C(=O)O. The highest BCUT2D eigenvalue weighted by molar-refractivity contribution is 5.84. The number of carbonyl (C=O) groups is 2. The Balaban J connectivity index is 2.36. The number of aliphatic carboxylic acids is 1. The molecule has 1 aliphatic heterocycles. The van der Waals surface area contributed by atoms with Gasteiger partial charge in [-0.2, -0.15) is 0 Å². The van der Waals surface area contributed by atoms with Crippen molar-refractivity contribution < 1.29 is 14.7 Å². The maximum atomic E-state index is 11.7. The molecule has 0 unspecified atom stereocenters. The van der Waals surface area contributed by atoms with Crippen LogP contribution in [0.5, 0.6) is 0 Å². The number of amides is 1. The van der Waals surface area contributed by atoms with E-state index in [9.17, 15) is 9.59 Å². The van der Waals surface area contributed by atoms with Gasteiger partial charge in [0, 0.05) is 19.4 Å². The summed E-state index contributed by atoms with van der Waals surface area (Å²) in [5.41, 5.74) is 0. The Morgan fingerprint density at radius 3 is 2.81 bits per heavy atom. The topological polar surface area (TPSA) is 57.6 Å². The molecule has 0 aromatic carbocycles. The van der Waals surface area contributed by atoms with Crippen LogP contribution in [0.4, 0.5) is 0 Å². The molecule has 1 rings (SSSR count). The van der Waals surface area contributed by atoms with Crippen LogP contribution in [0.25, 0.3) is 0 Å². The highest BCUT2D eigenvalue weighted by atomic mass is 16.4. The molecule has 0 aromatic rings. The molecule has 4 nitrogen and oxygen atoms in total. The van der Waals surface area contributed by atoms with E-state index in [1.165, 1.54) is 4.90 Å². The fraction of sp³-hybridized carbons (Fsp3) is 0.667. The molecule has 1 aliphatic rings. The predicted molar refractivity (Wildman–Crippen MR) is 59.7 cm³/mol. The van der Waals surface area contributed by atoms with Gasteiger partial charge in [0.1, 0.15) is 6.04 Å². The number of rotatable bonds is 5. The van der Waals surface area contributed by atoms with Gasteiger partial charge in [-0.25, -0.2) is 4.79 Å². The molecule has 88 valence electrons. The smallest absolute Gasteiger partial charge is 0.326 e. The first-order chi connectivity index (χ1) is 7.66. The molecule has 0 saturated carbocycles. The Hall–Kier alpha value is -1.50. The van der Waals surface area contributed by atoms with Gasteiger partial charge >= 0.3 is 5.97 Å². The highest BCUT2D eigenvalue weighted by Crippen LogP contribution is 2.19. The molecule has 1 atom stereocenters. The van der Waals surface area contributed by atoms with Crippen molar-refractivity contribution in [2.75, 3.05) is 6.54 Å². The fourth-order valence-electron chi connectivity index (χ4n) is 1.97.